The number of benzene rings is 1. The van der Waals surface area contributed by atoms with E-state index in [-0.39, 0.29) is 29.2 Å². The van der Waals surface area contributed by atoms with E-state index in [4.69, 9.17) is 0 Å². The number of hydrogen-bond acceptors (Lipinski definition) is 4. The molecule has 30 heavy (non-hydrogen) atoms. The van der Waals surface area contributed by atoms with E-state index in [1.165, 1.54) is 10.1 Å². The molecule has 1 fully saturated rings. The average Bonchev–Trinajstić information content (AvgIpc) is 2.68. The Morgan fingerprint density at radius 3 is 2.00 bits per heavy atom. The Balaban J connectivity index is 1.76. The van der Waals surface area contributed by atoms with Gasteiger partial charge in [-0.05, 0) is 40.2 Å². The molecule has 2 aromatic rings. The molecule has 0 radical (unpaired) electrons. The first-order valence-corrected chi connectivity index (χ1v) is 10.7. The molecule has 1 aliphatic heterocycles. The Hall–Kier alpha value is -2.83. The van der Waals surface area contributed by atoms with Crippen molar-refractivity contribution in [2.75, 3.05) is 31.1 Å². The van der Waals surface area contributed by atoms with Gasteiger partial charge in [-0.3, -0.25) is 18.7 Å². The number of amides is 1. The molecule has 0 atom stereocenters. The summed E-state index contributed by atoms with van der Waals surface area (Å²) in [6.07, 6.45) is 0.390. The van der Waals surface area contributed by atoms with Gasteiger partial charge in [0.2, 0.25) is 5.91 Å². The van der Waals surface area contributed by atoms with Gasteiger partial charge in [-0.25, -0.2) is 4.79 Å². The zero-order valence-corrected chi connectivity index (χ0v) is 18.6. The maximum Gasteiger partial charge on any atom is 0.333 e. The molecule has 2 heterocycles. The minimum absolute atomic E-state index is 0.0701. The second-order valence-electron chi connectivity index (χ2n) is 8.58. The molecule has 0 unspecified atom stereocenters. The molecule has 0 saturated carbocycles. The molecule has 1 saturated heterocycles. The van der Waals surface area contributed by atoms with Crippen LogP contribution >= 0.6 is 0 Å². The van der Waals surface area contributed by atoms with Crippen LogP contribution in [-0.2, 0) is 11.2 Å². The summed E-state index contributed by atoms with van der Waals surface area (Å²) >= 11 is 0. The van der Waals surface area contributed by atoms with Crippen LogP contribution in [0.1, 0.15) is 50.9 Å². The lowest BCUT2D eigenvalue weighted by atomic mass is 10.1. The molecule has 1 aromatic heterocycles. The van der Waals surface area contributed by atoms with Crippen molar-refractivity contribution in [3.05, 3.63) is 62.3 Å². The summed E-state index contributed by atoms with van der Waals surface area (Å²) < 4.78 is 2.98. The van der Waals surface area contributed by atoms with Crippen molar-refractivity contribution < 1.29 is 4.79 Å². The van der Waals surface area contributed by atoms with Crippen LogP contribution in [0.4, 0.5) is 5.82 Å². The molecule has 0 aliphatic carbocycles. The van der Waals surface area contributed by atoms with Crippen molar-refractivity contribution in [1.82, 2.24) is 14.0 Å². The minimum Gasteiger partial charge on any atom is -0.354 e. The molecular weight excluding hydrogens is 380 g/mol. The quantitative estimate of drug-likeness (QED) is 0.756. The number of rotatable bonds is 5. The fraction of sp³-hybridized carbons (Fsp3) is 0.522. The predicted molar refractivity (Wildman–Crippen MR) is 119 cm³/mol. The maximum atomic E-state index is 13.0. The third kappa shape index (κ3) is 4.50. The lowest BCUT2D eigenvalue weighted by Crippen LogP contribution is -2.52. The maximum absolute atomic E-state index is 13.0. The van der Waals surface area contributed by atoms with Crippen molar-refractivity contribution in [2.24, 2.45) is 0 Å². The summed E-state index contributed by atoms with van der Waals surface area (Å²) in [5.41, 5.74) is 1.63. The van der Waals surface area contributed by atoms with E-state index in [2.05, 4.69) is 0 Å². The van der Waals surface area contributed by atoms with Gasteiger partial charge in [-0.15, -0.1) is 0 Å². The fourth-order valence-electron chi connectivity index (χ4n) is 3.94. The summed E-state index contributed by atoms with van der Waals surface area (Å²) in [6, 6.07) is 9.32. The van der Waals surface area contributed by atoms with Gasteiger partial charge in [0.05, 0.1) is 6.42 Å². The van der Waals surface area contributed by atoms with Crippen molar-refractivity contribution in [3.8, 4) is 0 Å². The Labute approximate surface area is 177 Å². The SMILES string of the molecule is Cc1ccc(CC(=O)N2CCN(c3cc(=O)n(C(C)C)c(=O)n3C(C)C)CC2)cc1. The fourth-order valence-corrected chi connectivity index (χ4v) is 3.94. The van der Waals surface area contributed by atoms with E-state index >= 15 is 0 Å². The first kappa shape index (κ1) is 21.9. The van der Waals surface area contributed by atoms with E-state index in [1.54, 1.807) is 10.6 Å². The van der Waals surface area contributed by atoms with Gasteiger partial charge < -0.3 is 9.80 Å². The normalized spacial score (nSPS) is 14.6. The number of nitrogens with zero attached hydrogens (tertiary/aromatic N) is 4. The summed E-state index contributed by atoms with van der Waals surface area (Å²) in [4.78, 5) is 42.2. The summed E-state index contributed by atoms with van der Waals surface area (Å²) in [6.45, 7) is 11.9. The van der Waals surface area contributed by atoms with Gasteiger partial charge in [-0.1, -0.05) is 29.8 Å². The van der Waals surface area contributed by atoms with Gasteiger partial charge in [0.1, 0.15) is 5.82 Å². The zero-order valence-electron chi connectivity index (χ0n) is 18.6. The molecule has 7 heteroatoms. The number of anilines is 1. The highest BCUT2D eigenvalue weighted by atomic mass is 16.2. The van der Waals surface area contributed by atoms with Gasteiger partial charge in [0.25, 0.3) is 5.56 Å². The molecule has 1 amide bonds. The molecule has 0 N–H and O–H groups in total. The van der Waals surface area contributed by atoms with Crippen LogP contribution in [-0.4, -0.2) is 46.1 Å². The predicted octanol–water partition coefficient (Wildman–Crippen LogP) is 2.37. The van der Waals surface area contributed by atoms with Gasteiger partial charge in [-0.2, -0.15) is 0 Å². The second-order valence-corrected chi connectivity index (χ2v) is 8.58. The summed E-state index contributed by atoms with van der Waals surface area (Å²) in [5, 5.41) is 0. The topological polar surface area (TPSA) is 67.6 Å². The van der Waals surface area contributed by atoms with Crippen LogP contribution < -0.4 is 16.1 Å². The Morgan fingerprint density at radius 2 is 1.47 bits per heavy atom. The third-order valence-electron chi connectivity index (χ3n) is 5.61. The van der Waals surface area contributed by atoms with Crippen molar-refractivity contribution in [3.63, 3.8) is 0 Å². The van der Waals surface area contributed by atoms with Crippen LogP contribution in [0.25, 0.3) is 0 Å². The Morgan fingerprint density at radius 1 is 0.900 bits per heavy atom. The van der Waals surface area contributed by atoms with Gasteiger partial charge in [0.15, 0.2) is 0 Å². The molecule has 0 spiro atoms. The first-order valence-electron chi connectivity index (χ1n) is 10.7. The van der Waals surface area contributed by atoms with Crippen molar-refractivity contribution in [2.45, 2.75) is 53.1 Å². The number of carbonyl (C=O) groups excluding carboxylic acids is 1. The largest absolute Gasteiger partial charge is 0.354 e. The van der Waals surface area contributed by atoms with E-state index < -0.39 is 0 Å². The summed E-state index contributed by atoms with van der Waals surface area (Å²) in [7, 11) is 0. The van der Waals surface area contributed by atoms with Crippen LogP contribution in [0.5, 0.6) is 0 Å². The standard InChI is InChI=1S/C23H32N4O3/c1-16(2)26-20(15-22(29)27(17(3)4)23(26)30)24-10-12-25(13-11-24)21(28)14-19-8-6-18(5)7-9-19/h6-9,15-17H,10-14H2,1-5H3. The highest BCUT2D eigenvalue weighted by molar-refractivity contribution is 5.79. The molecule has 0 bridgehead atoms. The minimum atomic E-state index is -0.278. The molecule has 1 aliphatic rings. The zero-order chi connectivity index (χ0) is 22.0. The van der Waals surface area contributed by atoms with Crippen LogP contribution in [0.2, 0.25) is 0 Å². The van der Waals surface area contributed by atoms with Gasteiger partial charge in [0, 0.05) is 44.3 Å². The Bertz CT molecular complexity index is 1010. The Kier molecular flexibility index (Phi) is 6.48. The van der Waals surface area contributed by atoms with Crippen molar-refractivity contribution in [1.29, 1.82) is 0 Å². The molecule has 7 nitrogen and oxygen atoms in total. The molecule has 3 rings (SSSR count). The lowest BCUT2D eigenvalue weighted by Gasteiger charge is -2.37. The van der Waals surface area contributed by atoms with E-state index in [9.17, 15) is 14.4 Å². The van der Waals surface area contributed by atoms with E-state index in [0.29, 0.717) is 38.4 Å². The van der Waals surface area contributed by atoms with Crippen LogP contribution in [0.15, 0.2) is 39.9 Å². The number of carbonyl (C=O) groups is 1. The molecular formula is C23H32N4O3. The van der Waals surface area contributed by atoms with Crippen LogP contribution in [0.3, 0.4) is 0 Å². The highest BCUT2D eigenvalue weighted by Gasteiger charge is 2.25. The number of aryl methyl sites for hydroxylation is 1. The lowest BCUT2D eigenvalue weighted by molar-refractivity contribution is -0.130. The van der Waals surface area contributed by atoms with Gasteiger partial charge >= 0.3 is 5.69 Å². The van der Waals surface area contributed by atoms with Crippen LogP contribution in [0, 0.1) is 6.92 Å². The first-order chi connectivity index (χ1) is 14.2. The number of hydrogen-bond donors (Lipinski definition) is 0. The molecule has 162 valence electrons. The van der Waals surface area contributed by atoms with E-state index in [0.717, 1.165) is 5.56 Å². The average molecular weight is 413 g/mol. The highest BCUT2D eigenvalue weighted by Crippen LogP contribution is 2.18. The monoisotopic (exact) mass is 412 g/mol. The second kappa shape index (κ2) is 8.90. The smallest absolute Gasteiger partial charge is 0.333 e. The third-order valence-corrected chi connectivity index (χ3v) is 5.61. The van der Waals surface area contributed by atoms with Crippen molar-refractivity contribution >= 4 is 11.7 Å². The summed E-state index contributed by atoms with van der Waals surface area (Å²) in [5.74, 6) is 0.748. The van der Waals surface area contributed by atoms with E-state index in [1.807, 2.05) is 68.7 Å². The number of piperazine rings is 1. The molecule has 1 aromatic carbocycles. The number of aromatic nitrogens is 2.